The normalized spacial score (nSPS) is 7.47. The summed E-state index contributed by atoms with van der Waals surface area (Å²) in [4.78, 5) is 20.0. The molecule has 0 aromatic heterocycles. The summed E-state index contributed by atoms with van der Waals surface area (Å²) < 4.78 is 0. The molecule has 0 aliphatic rings. The maximum absolute atomic E-state index is 10.4. The number of carbonyl (C=O) groups is 1. The topological polar surface area (TPSA) is 104 Å². The summed E-state index contributed by atoms with van der Waals surface area (Å²) >= 11 is 0. The van der Waals surface area contributed by atoms with Crippen molar-refractivity contribution in [3.8, 4) is 6.07 Å². The fourth-order valence-corrected chi connectivity index (χ4v) is 0.844. The first-order valence-electron chi connectivity index (χ1n) is 3.39. The Kier molecular flexibility index (Phi) is 11.5. The Labute approximate surface area is 117 Å². The fourth-order valence-electron chi connectivity index (χ4n) is 0.844. The van der Waals surface area contributed by atoms with Gasteiger partial charge in [-0.25, -0.2) is 5.26 Å². The van der Waals surface area contributed by atoms with Crippen molar-refractivity contribution in [3.05, 3.63) is 39.4 Å². The molecule has 0 heterocycles. The van der Waals surface area contributed by atoms with Gasteiger partial charge < -0.3 is 19.8 Å². The molecule has 1 unspecified atom stereocenters. The van der Waals surface area contributed by atoms with E-state index in [1.54, 1.807) is 6.07 Å². The van der Waals surface area contributed by atoms with Gasteiger partial charge in [0.15, 0.2) is 0 Å². The van der Waals surface area contributed by atoms with Crippen molar-refractivity contribution < 1.29 is 34.9 Å². The van der Waals surface area contributed by atoms with Crippen molar-refractivity contribution in [1.82, 2.24) is 0 Å². The van der Waals surface area contributed by atoms with Crippen LogP contribution in [0, 0.1) is 27.5 Å². The van der Waals surface area contributed by atoms with Gasteiger partial charge in [-0.2, -0.15) is 9.90 Å². The Morgan fingerprint density at radius 2 is 2.12 bits per heavy atom. The average molecular weight is 450 g/mol. The molecule has 1 aromatic carbocycles. The summed E-state index contributed by atoms with van der Waals surface area (Å²) in [5, 5.41) is 27.4. The predicted molar refractivity (Wildman–Crippen MR) is 64.4 cm³/mol. The van der Waals surface area contributed by atoms with E-state index < -0.39 is 16.6 Å². The summed E-state index contributed by atoms with van der Waals surface area (Å²) in [7, 11) is 0. The Morgan fingerprint density at radius 1 is 1.59 bits per heavy atom. The molecule has 0 saturated heterocycles. The van der Waals surface area contributed by atoms with Crippen molar-refractivity contribution in [3.63, 3.8) is 0 Å². The van der Waals surface area contributed by atoms with Gasteiger partial charge in [0.05, 0.1) is 6.07 Å². The SMILES string of the molecule is N#Cc1c[c-]c(C(=O)O)cc1[N+](=O)[O-].P.[Ir].[PH2-]. The summed E-state index contributed by atoms with van der Waals surface area (Å²) in [5.74, 6) is -1.32. The van der Waals surface area contributed by atoms with Gasteiger partial charge in [-0.15, -0.1) is 12.1 Å². The van der Waals surface area contributed by atoms with E-state index in [9.17, 15) is 14.9 Å². The number of benzene rings is 1. The second-order valence-electron chi connectivity index (χ2n) is 2.32. The minimum absolute atomic E-state index is 0. The van der Waals surface area contributed by atoms with Gasteiger partial charge >= 0.3 is 0 Å². The van der Waals surface area contributed by atoms with Crippen molar-refractivity contribution >= 4 is 31.5 Å². The number of nitro groups is 1. The van der Waals surface area contributed by atoms with Crippen molar-refractivity contribution in [1.29, 1.82) is 5.26 Å². The zero-order valence-electron chi connectivity index (χ0n) is 8.34. The van der Waals surface area contributed by atoms with Crippen LogP contribution in [-0.2, 0) is 20.1 Å². The first kappa shape index (κ1) is 21.4. The first-order valence-corrected chi connectivity index (χ1v) is 3.39. The quantitative estimate of drug-likeness (QED) is 0.317. The van der Waals surface area contributed by atoms with E-state index >= 15 is 0 Å². The molecule has 1 aromatic rings. The van der Waals surface area contributed by atoms with E-state index in [1.165, 1.54) is 0 Å². The Balaban J connectivity index is -0.000000653. The summed E-state index contributed by atoms with van der Waals surface area (Å²) in [5.41, 5.74) is -1.07. The van der Waals surface area contributed by atoms with E-state index in [2.05, 4.69) is 6.07 Å². The molecule has 0 fully saturated rings. The van der Waals surface area contributed by atoms with Gasteiger partial charge in [0, 0.05) is 30.6 Å². The standard InChI is InChI=1S/C8H3N2O4.Ir.H3P.H2P/c9-4-6-2-1-5(8(11)12)3-7(6)10(13)14;;;/h2-3H,(H,11,12);;1H3;1H2/q-1;;;-1. The molecule has 0 amide bonds. The van der Waals surface area contributed by atoms with Crippen molar-refractivity contribution in [2.24, 2.45) is 0 Å². The average Bonchev–Trinajstić information content (AvgIpc) is 2.16. The predicted octanol–water partition coefficient (Wildman–Crippen LogP) is 1.35. The number of nitrogens with zero attached hydrogens (tertiary/aromatic N) is 2. The van der Waals surface area contributed by atoms with Gasteiger partial charge in [-0.3, -0.25) is 10.1 Å². The molecule has 1 atom stereocenters. The van der Waals surface area contributed by atoms with Gasteiger partial charge in [0.2, 0.25) is 11.7 Å². The van der Waals surface area contributed by atoms with Crippen LogP contribution in [0.5, 0.6) is 0 Å². The molecule has 95 valence electrons. The van der Waals surface area contributed by atoms with Crippen LogP contribution in [0.4, 0.5) is 5.69 Å². The van der Waals surface area contributed by atoms with E-state index in [0.717, 1.165) is 12.1 Å². The molecule has 1 N–H and O–H groups in total. The third kappa shape index (κ3) is 5.30. The number of aromatic carboxylic acids is 1. The largest absolute Gasteiger partial charge is 0.577 e. The maximum Gasteiger partial charge on any atom is 0.247 e. The minimum atomic E-state index is -1.32. The number of nitriles is 1. The first-order chi connectivity index (χ1) is 6.56. The number of hydrogen-bond donors (Lipinski definition) is 1. The van der Waals surface area contributed by atoms with Crippen LogP contribution in [-0.4, -0.2) is 16.0 Å². The molecule has 0 saturated carbocycles. The number of rotatable bonds is 2. The molecular formula is C8H8IrN2O4P2-2. The van der Waals surface area contributed by atoms with Crippen molar-refractivity contribution in [2.45, 2.75) is 0 Å². The summed E-state index contributed by atoms with van der Waals surface area (Å²) in [6, 6.07) is 5.63. The van der Waals surface area contributed by atoms with Gasteiger partial charge in [0.25, 0.3) is 0 Å². The van der Waals surface area contributed by atoms with Crippen LogP contribution < -0.4 is 0 Å². The summed E-state index contributed by atoms with van der Waals surface area (Å²) in [6.45, 7) is 0. The Bertz CT molecular complexity index is 461. The van der Waals surface area contributed by atoms with Crippen LogP contribution in [0.25, 0.3) is 0 Å². The van der Waals surface area contributed by atoms with Gasteiger partial charge in [-0.1, -0.05) is 11.6 Å². The van der Waals surface area contributed by atoms with Crippen LogP contribution in [0.1, 0.15) is 15.9 Å². The zero-order chi connectivity index (χ0) is 10.7. The Hall–Kier alpha value is -0.911. The maximum atomic E-state index is 10.4. The molecule has 0 spiro atoms. The molecule has 17 heavy (non-hydrogen) atoms. The number of carboxylic acid groups (broad SMARTS) is 1. The molecule has 0 aliphatic carbocycles. The van der Waals surface area contributed by atoms with Crippen LogP contribution >= 0.6 is 19.8 Å². The number of nitro benzene ring substituents is 1. The smallest absolute Gasteiger partial charge is 0.247 e. The molecule has 9 heteroatoms. The molecule has 1 rings (SSSR count). The third-order valence-electron chi connectivity index (χ3n) is 1.48. The van der Waals surface area contributed by atoms with Crippen LogP contribution in [0.15, 0.2) is 12.1 Å². The Morgan fingerprint density at radius 3 is 2.47 bits per heavy atom. The zero-order valence-corrected chi connectivity index (χ0v) is 13.3. The molecule has 0 aliphatic heterocycles. The minimum Gasteiger partial charge on any atom is -0.577 e. The second-order valence-corrected chi connectivity index (χ2v) is 2.32. The van der Waals surface area contributed by atoms with Crippen LogP contribution in [0.2, 0.25) is 0 Å². The summed E-state index contributed by atoms with van der Waals surface area (Å²) in [6.07, 6.45) is 0. The van der Waals surface area contributed by atoms with Gasteiger partial charge in [0.1, 0.15) is 0 Å². The van der Waals surface area contributed by atoms with E-state index in [0.29, 0.717) is 0 Å². The molecular weight excluding hydrogens is 442 g/mol. The van der Waals surface area contributed by atoms with Crippen molar-refractivity contribution in [2.75, 3.05) is 0 Å². The van der Waals surface area contributed by atoms with E-state index in [4.69, 9.17) is 10.4 Å². The third-order valence-corrected chi connectivity index (χ3v) is 1.48. The van der Waals surface area contributed by atoms with Gasteiger partial charge in [-0.05, 0) is 0 Å². The molecule has 0 bridgehead atoms. The monoisotopic (exact) mass is 451 g/mol. The van der Waals surface area contributed by atoms with E-state index in [1.807, 2.05) is 0 Å². The number of carboxylic acids is 1. The second kappa shape index (κ2) is 9.15. The fraction of sp³-hybridized carbons (Fsp3) is 0. The molecule has 6 nitrogen and oxygen atoms in total. The molecule has 1 radical (unpaired) electrons. The number of hydrogen-bond acceptors (Lipinski definition) is 4. The van der Waals surface area contributed by atoms with Crippen LogP contribution in [0.3, 0.4) is 0 Å². The van der Waals surface area contributed by atoms with E-state index in [-0.39, 0.29) is 51.0 Å².